The zero-order valence-electron chi connectivity index (χ0n) is 8.62. The van der Waals surface area contributed by atoms with E-state index in [1.807, 2.05) is 31.2 Å². The highest BCUT2D eigenvalue weighted by atomic mass is 16.3. The van der Waals surface area contributed by atoms with E-state index in [1.54, 1.807) is 6.92 Å². The second kappa shape index (κ2) is 4.26. The molecule has 0 aromatic heterocycles. The number of benzene rings is 1. The average Bonchev–Trinajstić information content (AvgIpc) is 2.18. The molecule has 1 aromatic rings. The number of aryl methyl sites for hydroxylation is 1. The second-order valence-electron chi connectivity index (χ2n) is 4.00. The lowest BCUT2D eigenvalue weighted by Crippen LogP contribution is -2.21. The summed E-state index contributed by atoms with van der Waals surface area (Å²) in [5.41, 5.74) is 1.62. The van der Waals surface area contributed by atoms with Crippen molar-refractivity contribution in [2.45, 2.75) is 20.3 Å². The standard InChI is InChI=1S/C12H15NO/c1-10-4-3-5-11(6-10)7-12(2,8-13)9-14/h3-6,14H,7,9H2,1-2H3. The van der Waals surface area contributed by atoms with Crippen LogP contribution in [0.4, 0.5) is 0 Å². The van der Waals surface area contributed by atoms with E-state index in [1.165, 1.54) is 5.56 Å². The number of rotatable bonds is 3. The molecule has 1 N–H and O–H groups in total. The van der Waals surface area contributed by atoms with Crippen LogP contribution in [-0.2, 0) is 6.42 Å². The Labute approximate surface area is 84.8 Å². The van der Waals surface area contributed by atoms with Crippen LogP contribution in [0.2, 0.25) is 0 Å². The van der Waals surface area contributed by atoms with Crippen molar-refractivity contribution in [2.75, 3.05) is 6.61 Å². The summed E-state index contributed by atoms with van der Waals surface area (Å²) in [6.07, 6.45) is 0.599. The van der Waals surface area contributed by atoms with Crippen LogP contribution in [0.25, 0.3) is 0 Å². The monoisotopic (exact) mass is 189 g/mol. The van der Waals surface area contributed by atoms with Gasteiger partial charge in [-0.15, -0.1) is 0 Å². The minimum atomic E-state index is -0.659. The molecule has 1 unspecified atom stereocenters. The third kappa shape index (κ3) is 2.58. The van der Waals surface area contributed by atoms with E-state index < -0.39 is 5.41 Å². The third-order valence-corrected chi connectivity index (χ3v) is 2.30. The maximum Gasteiger partial charge on any atom is 0.0816 e. The molecular formula is C12H15NO. The average molecular weight is 189 g/mol. The van der Waals surface area contributed by atoms with Crippen molar-refractivity contribution >= 4 is 0 Å². The predicted molar refractivity (Wildman–Crippen MR) is 55.7 cm³/mol. The molecule has 0 aliphatic rings. The van der Waals surface area contributed by atoms with Gasteiger partial charge in [0.25, 0.3) is 0 Å². The van der Waals surface area contributed by atoms with Crippen LogP contribution in [-0.4, -0.2) is 11.7 Å². The first kappa shape index (κ1) is 10.7. The number of hydrogen-bond acceptors (Lipinski definition) is 2. The highest BCUT2D eigenvalue weighted by Gasteiger charge is 2.22. The van der Waals surface area contributed by atoms with Crippen LogP contribution in [0, 0.1) is 23.7 Å². The lowest BCUT2D eigenvalue weighted by molar-refractivity contribution is 0.190. The van der Waals surface area contributed by atoms with Crippen LogP contribution in [0.15, 0.2) is 24.3 Å². The largest absolute Gasteiger partial charge is 0.395 e. The normalized spacial score (nSPS) is 14.4. The van der Waals surface area contributed by atoms with Gasteiger partial charge in [0, 0.05) is 0 Å². The molecule has 1 atom stereocenters. The fourth-order valence-electron chi connectivity index (χ4n) is 1.40. The molecule has 0 aliphatic carbocycles. The van der Waals surface area contributed by atoms with Crippen molar-refractivity contribution in [3.8, 4) is 6.07 Å². The SMILES string of the molecule is Cc1cccc(CC(C)(C#N)CO)c1. The third-order valence-electron chi connectivity index (χ3n) is 2.30. The minimum Gasteiger partial charge on any atom is -0.395 e. The van der Waals surface area contributed by atoms with E-state index in [4.69, 9.17) is 10.4 Å². The van der Waals surface area contributed by atoms with Crippen molar-refractivity contribution < 1.29 is 5.11 Å². The van der Waals surface area contributed by atoms with Crippen LogP contribution in [0.5, 0.6) is 0 Å². The summed E-state index contributed by atoms with van der Waals surface area (Å²) in [7, 11) is 0. The highest BCUT2D eigenvalue weighted by molar-refractivity contribution is 5.24. The molecule has 0 amide bonds. The predicted octanol–water partition coefficient (Wildman–Crippen LogP) is 2.06. The number of aliphatic hydroxyl groups excluding tert-OH is 1. The van der Waals surface area contributed by atoms with Gasteiger partial charge in [-0.2, -0.15) is 5.26 Å². The molecule has 0 aliphatic heterocycles. The Morgan fingerprint density at radius 2 is 2.21 bits per heavy atom. The Morgan fingerprint density at radius 1 is 1.50 bits per heavy atom. The quantitative estimate of drug-likeness (QED) is 0.791. The molecule has 74 valence electrons. The fourth-order valence-corrected chi connectivity index (χ4v) is 1.40. The smallest absolute Gasteiger partial charge is 0.0816 e. The maximum absolute atomic E-state index is 9.09. The second-order valence-corrected chi connectivity index (χ2v) is 4.00. The Bertz CT molecular complexity index is 354. The van der Waals surface area contributed by atoms with Crippen LogP contribution in [0.3, 0.4) is 0 Å². The van der Waals surface area contributed by atoms with Crippen molar-refractivity contribution in [3.05, 3.63) is 35.4 Å². The summed E-state index contributed by atoms with van der Waals surface area (Å²) in [4.78, 5) is 0. The van der Waals surface area contributed by atoms with Crippen molar-refractivity contribution in [3.63, 3.8) is 0 Å². The highest BCUT2D eigenvalue weighted by Crippen LogP contribution is 2.21. The Hall–Kier alpha value is -1.33. The molecular weight excluding hydrogens is 174 g/mol. The molecule has 0 saturated carbocycles. The van der Waals surface area contributed by atoms with Gasteiger partial charge in [-0.05, 0) is 25.8 Å². The van der Waals surface area contributed by atoms with Gasteiger partial charge in [-0.25, -0.2) is 0 Å². The summed E-state index contributed by atoms with van der Waals surface area (Å²) < 4.78 is 0. The van der Waals surface area contributed by atoms with Crippen molar-refractivity contribution in [2.24, 2.45) is 5.41 Å². The van der Waals surface area contributed by atoms with Gasteiger partial charge in [0.1, 0.15) is 0 Å². The molecule has 0 radical (unpaired) electrons. The van der Waals surface area contributed by atoms with Crippen LogP contribution >= 0.6 is 0 Å². The summed E-state index contributed by atoms with van der Waals surface area (Å²) in [6, 6.07) is 10.2. The van der Waals surface area contributed by atoms with E-state index in [2.05, 4.69) is 6.07 Å². The van der Waals surface area contributed by atoms with E-state index >= 15 is 0 Å². The Balaban J connectivity index is 2.84. The summed E-state index contributed by atoms with van der Waals surface area (Å²) in [5, 5.41) is 18.0. The molecule has 0 bridgehead atoms. The molecule has 0 fully saturated rings. The molecule has 0 saturated heterocycles. The van der Waals surface area contributed by atoms with Gasteiger partial charge < -0.3 is 5.11 Å². The minimum absolute atomic E-state index is 0.0998. The molecule has 0 spiro atoms. The van der Waals surface area contributed by atoms with E-state index in [9.17, 15) is 0 Å². The van der Waals surface area contributed by atoms with Gasteiger partial charge in [0.05, 0.1) is 18.1 Å². The number of nitrogens with zero attached hydrogens (tertiary/aromatic N) is 1. The topological polar surface area (TPSA) is 44.0 Å². The molecule has 0 heterocycles. The zero-order valence-corrected chi connectivity index (χ0v) is 8.62. The van der Waals surface area contributed by atoms with Crippen LogP contribution in [0.1, 0.15) is 18.1 Å². The maximum atomic E-state index is 9.09. The molecule has 2 heteroatoms. The Morgan fingerprint density at radius 3 is 2.71 bits per heavy atom. The molecule has 1 rings (SSSR count). The number of hydrogen-bond donors (Lipinski definition) is 1. The fraction of sp³-hybridized carbons (Fsp3) is 0.417. The first-order chi connectivity index (χ1) is 6.59. The Kier molecular flexibility index (Phi) is 3.27. The molecule has 14 heavy (non-hydrogen) atoms. The first-order valence-electron chi connectivity index (χ1n) is 4.67. The van der Waals surface area contributed by atoms with Crippen molar-refractivity contribution in [1.29, 1.82) is 5.26 Å². The van der Waals surface area contributed by atoms with E-state index in [0.717, 1.165) is 5.56 Å². The van der Waals surface area contributed by atoms with Gasteiger partial charge in [-0.3, -0.25) is 0 Å². The van der Waals surface area contributed by atoms with Gasteiger partial charge >= 0.3 is 0 Å². The van der Waals surface area contributed by atoms with E-state index in [-0.39, 0.29) is 6.61 Å². The summed E-state index contributed by atoms with van der Waals surface area (Å²) in [6.45, 7) is 3.69. The van der Waals surface area contributed by atoms with Gasteiger partial charge in [0.2, 0.25) is 0 Å². The zero-order chi connectivity index (χ0) is 10.6. The summed E-state index contributed by atoms with van der Waals surface area (Å²) >= 11 is 0. The number of nitriles is 1. The number of aliphatic hydroxyl groups is 1. The van der Waals surface area contributed by atoms with E-state index in [0.29, 0.717) is 6.42 Å². The van der Waals surface area contributed by atoms with Crippen molar-refractivity contribution in [1.82, 2.24) is 0 Å². The lowest BCUT2D eigenvalue weighted by Gasteiger charge is -2.18. The van der Waals surface area contributed by atoms with Crippen LogP contribution < -0.4 is 0 Å². The molecule has 1 aromatic carbocycles. The first-order valence-corrected chi connectivity index (χ1v) is 4.67. The molecule has 2 nitrogen and oxygen atoms in total. The lowest BCUT2D eigenvalue weighted by atomic mass is 9.86. The van der Waals surface area contributed by atoms with Gasteiger partial charge in [-0.1, -0.05) is 29.8 Å². The summed E-state index contributed by atoms with van der Waals surface area (Å²) in [5.74, 6) is 0. The van der Waals surface area contributed by atoms with Gasteiger partial charge in [0.15, 0.2) is 0 Å².